The first-order valence-corrected chi connectivity index (χ1v) is 4.53. The lowest BCUT2D eigenvalue weighted by molar-refractivity contribution is 0.319. The fourth-order valence-corrected chi connectivity index (χ4v) is 1.49. The number of nitrogens with one attached hydrogen (secondary N) is 1. The van der Waals surface area contributed by atoms with E-state index in [1.54, 1.807) is 25.3 Å². The van der Waals surface area contributed by atoms with E-state index < -0.39 is 0 Å². The Morgan fingerprint density at radius 2 is 2.13 bits per heavy atom. The third-order valence-corrected chi connectivity index (χ3v) is 2.33. The zero-order chi connectivity index (χ0) is 10.8. The molecule has 1 aromatic carbocycles. The number of hydrogen-bond acceptors (Lipinski definition) is 3. The summed E-state index contributed by atoms with van der Waals surface area (Å²) in [4.78, 5) is 14.9. The standard InChI is InChI=1S/C11H10N2O2/c1-7(13-15)9-6-12-10-5-3-2-4-8(10)11(9)14/h2-6,15H,1H3,(H,12,14)/b13-7+. The van der Waals surface area contributed by atoms with E-state index in [0.717, 1.165) is 5.52 Å². The number of oxime groups is 1. The smallest absolute Gasteiger partial charge is 0.198 e. The van der Waals surface area contributed by atoms with Crippen molar-refractivity contribution in [2.75, 3.05) is 0 Å². The summed E-state index contributed by atoms with van der Waals surface area (Å²) in [5, 5.41) is 12.2. The molecule has 0 aliphatic rings. The average Bonchev–Trinajstić information content (AvgIpc) is 2.29. The van der Waals surface area contributed by atoms with Gasteiger partial charge in [-0.2, -0.15) is 0 Å². The van der Waals surface area contributed by atoms with Gasteiger partial charge >= 0.3 is 0 Å². The highest BCUT2D eigenvalue weighted by Crippen LogP contribution is 2.07. The van der Waals surface area contributed by atoms with E-state index in [2.05, 4.69) is 10.1 Å². The van der Waals surface area contributed by atoms with Crippen molar-refractivity contribution in [3.63, 3.8) is 0 Å². The summed E-state index contributed by atoms with van der Waals surface area (Å²) >= 11 is 0. The zero-order valence-corrected chi connectivity index (χ0v) is 8.19. The van der Waals surface area contributed by atoms with Gasteiger partial charge in [0.05, 0.1) is 11.3 Å². The second-order valence-electron chi connectivity index (χ2n) is 3.26. The minimum atomic E-state index is -0.125. The molecule has 76 valence electrons. The molecule has 1 aromatic heterocycles. The third kappa shape index (κ3) is 1.50. The van der Waals surface area contributed by atoms with E-state index in [4.69, 9.17) is 5.21 Å². The fourth-order valence-electron chi connectivity index (χ4n) is 1.49. The molecule has 0 unspecified atom stereocenters. The van der Waals surface area contributed by atoms with E-state index in [1.165, 1.54) is 0 Å². The molecule has 0 amide bonds. The molecule has 0 radical (unpaired) electrons. The highest BCUT2D eigenvalue weighted by Gasteiger charge is 2.06. The molecule has 0 aliphatic heterocycles. The number of pyridine rings is 1. The van der Waals surface area contributed by atoms with Crippen LogP contribution in [0.3, 0.4) is 0 Å². The first-order valence-electron chi connectivity index (χ1n) is 4.53. The number of aromatic nitrogens is 1. The molecule has 0 saturated carbocycles. The van der Waals surface area contributed by atoms with Crippen LogP contribution in [0, 0.1) is 0 Å². The molecule has 2 N–H and O–H groups in total. The molecule has 0 bridgehead atoms. The monoisotopic (exact) mass is 202 g/mol. The lowest BCUT2D eigenvalue weighted by Gasteiger charge is -2.00. The molecule has 0 aliphatic carbocycles. The van der Waals surface area contributed by atoms with Crippen LogP contribution in [-0.4, -0.2) is 15.9 Å². The lowest BCUT2D eigenvalue weighted by atomic mass is 10.1. The Balaban J connectivity index is 2.82. The number of para-hydroxylation sites is 1. The van der Waals surface area contributed by atoms with Crippen LogP contribution in [0.1, 0.15) is 12.5 Å². The number of hydrogen-bond donors (Lipinski definition) is 2. The van der Waals surface area contributed by atoms with Crippen LogP contribution in [0.25, 0.3) is 10.9 Å². The normalized spacial score (nSPS) is 11.9. The Labute approximate surface area is 85.9 Å². The first-order chi connectivity index (χ1) is 7.24. The van der Waals surface area contributed by atoms with Crippen molar-refractivity contribution < 1.29 is 5.21 Å². The highest BCUT2D eigenvalue weighted by atomic mass is 16.4. The lowest BCUT2D eigenvalue weighted by Crippen LogP contribution is -2.14. The van der Waals surface area contributed by atoms with E-state index in [1.807, 2.05) is 12.1 Å². The second-order valence-corrected chi connectivity index (χ2v) is 3.26. The van der Waals surface area contributed by atoms with Gasteiger partial charge in [-0.3, -0.25) is 4.79 Å². The SMILES string of the molecule is C/C(=N\O)c1c[nH]c2ccccc2c1=O. The summed E-state index contributed by atoms with van der Waals surface area (Å²) in [6.45, 7) is 1.58. The summed E-state index contributed by atoms with van der Waals surface area (Å²) in [7, 11) is 0. The van der Waals surface area contributed by atoms with Gasteiger partial charge in [-0.25, -0.2) is 0 Å². The quantitative estimate of drug-likeness (QED) is 0.420. The molecule has 0 atom stereocenters. The molecule has 15 heavy (non-hydrogen) atoms. The van der Waals surface area contributed by atoms with Gasteiger partial charge in [-0.1, -0.05) is 17.3 Å². The van der Waals surface area contributed by atoms with Gasteiger partial charge in [-0.05, 0) is 19.1 Å². The summed E-state index contributed by atoms with van der Waals surface area (Å²) in [5.41, 5.74) is 1.34. The Kier molecular flexibility index (Phi) is 2.25. The van der Waals surface area contributed by atoms with Crippen LogP contribution in [-0.2, 0) is 0 Å². The maximum absolute atomic E-state index is 11.9. The molecule has 0 spiro atoms. The number of aromatic amines is 1. The van der Waals surface area contributed by atoms with Crippen molar-refractivity contribution in [2.45, 2.75) is 6.92 Å². The van der Waals surface area contributed by atoms with E-state index in [-0.39, 0.29) is 5.43 Å². The van der Waals surface area contributed by atoms with Crippen molar-refractivity contribution in [1.82, 2.24) is 4.98 Å². The topological polar surface area (TPSA) is 65.5 Å². The summed E-state index contributed by atoms with van der Waals surface area (Å²) in [6.07, 6.45) is 1.56. The van der Waals surface area contributed by atoms with Crippen molar-refractivity contribution in [2.24, 2.45) is 5.16 Å². The molecular formula is C11H10N2O2. The van der Waals surface area contributed by atoms with Crippen molar-refractivity contribution >= 4 is 16.6 Å². The molecule has 0 fully saturated rings. The number of H-pyrrole nitrogens is 1. The van der Waals surface area contributed by atoms with Gasteiger partial charge in [0.15, 0.2) is 5.43 Å². The van der Waals surface area contributed by atoms with Crippen LogP contribution < -0.4 is 5.43 Å². The highest BCUT2D eigenvalue weighted by molar-refractivity contribution is 6.00. The molecule has 2 rings (SSSR count). The maximum Gasteiger partial charge on any atom is 0.198 e. The predicted molar refractivity (Wildman–Crippen MR) is 58.6 cm³/mol. The van der Waals surface area contributed by atoms with Gasteiger partial charge in [0.25, 0.3) is 0 Å². The van der Waals surface area contributed by atoms with Gasteiger partial charge in [0.1, 0.15) is 0 Å². The van der Waals surface area contributed by atoms with Crippen molar-refractivity contribution in [1.29, 1.82) is 0 Å². The number of fused-ring (bicyclic) bond motifs is 1. The van der Waals surface area contributed by atoms with Crippen LogP contribution in [0.15, 0.2) is 40.4 Å². The Morgan fingerprint density at radius 3 is 2.87 bits per heavy atom. The number of rotatable bonds is 1. The molecule has 1 heterocycles. The zero-order valence-electron chi connectivity index (χ0n) is 8.19. The molecule has 4 nitrogen and oxygen atoms in total. The average molecular weight is 202 g/mol. The number of benzene rings is 1. The Bertz CT molecular complexity index is 584. The minimum Gasteiger partial charge on any atom is -0.411 e. The van der Waals surface area contributed by atoms with Gasteiger partial charge in [0.2, 0.25) is 0 Å². The van der Waals surface area contributed by atoms with Crippen LogP contribution in [0.4, 0.5) is 0 Å². The molecule has 0 saturated heterocycles. The first kappa shape index (κ1) is 9.45. The Morgan fingerprint density at radius 1 is 1.40 bits per heavy atom. The van der Waals surface area contributed by atoms with Crippen LogP contribution in [0.2, 0.25) is 0 Å². The van der Waals surface area contributed by atoms with Gasteiger partial charge < -0.3 is 10.2 Å². The van der Waals surface area contributed by atoms with Gasteiger partial charge in [-0.15, -0.1) is 0 Å². The predicted octanol–water partition coefficient (Wildman–Crippen LogP) is 1.73. The summed E-state index contributed by atoms with van der Waals surface area (Å²) in [6, 6.07) is 7.21. The number of nitrogens with zero attached hydrogens (tertiary/aromatic N) is 1. The summed E-state index contributed by atoms with van der Waals surface area (Å²) in [5.74, 6) is 0. The largest absolute Gasteiger partial charge is 0.411 e. The Hall–Kier alpha value is -2.10. The van der Waals surface area contributed by atoms with Crippen LogP contribution in [0.5, 0.6) is 0 Å². The van der Waals surface area contributed by atoms with Crippen molar-refractivity contribution in [3.8, 4) is 0 Å². The van der Waals surface area contributed by atoms with Crippen molar-refractivity contribution in [3.05, 3.63) is 46.2 Å². The fraction of sp³-hybridized carbons (Fsp3) is 0.0909. The second kappa shape index (κ2) is 3.57. The van der Waals surface area contributed by atoms with Crippen LogP contribution >= 0.6 is 0 Å². The van der Waals surface area contributed by atoms with Gasteiger partial charge in [0, 0.05) is 17.1 Å². The molecule has 4 heteroatoms. The third-order valence-electron chi connectivity index (χ3n) is 2.33. The molecular weight excluding hydrogens is 192 g/mol. The van der Waals surface area contributed by atoms with E-state index in [9.17, 15) is 4.79 Å². The van der Waals surface area contributed by atoms with E-state index >= 15 is 0 Å². The van der Waals surface area contributed by atoms with E-state index in [0.29, 0.717) is 16.7 Å². The minimum absolute atomic E-state index is 0.125. The maximum atomic E-state index is 11.9. The molecule has 2 aromatic rings. The summed E-state index contributed by atoms with van der Waals surface area (Å²) < 4.78 is 0.